The quantitative estimate of drug-likeness (QED) is 0.246. The summed E-state index contributed by atoms with van der Waals surface area (Å²) in [5, 5.41) is 20.1. The first kappa shape index (κ1) is 30.2. The lowest BCUT2D eigenvalue weighted by atomic mass is 10.0. The number of nitrogens with zero attached hydrogens (tertiary/aromatic N) is 4. The normalized spacial score (nSPS) is 18.5. The number of amides is 1. The number of nitrogens with one attached hydrogen (secondary N) is 3. The molecule has 5 rings (SSSR count). The van der Waals surface area contributed by atoms with E-state index in [0.717, 1.165) is 12.1 Å². The molecular formula is C29H33Cl2N7O4. The number of likely N-dealkylation sites (N-methyl/N-ethyl adjacent to an activating group) is 1. The van der Waals surface area contributed by atoms with Crippen molar-refractivity contribution in [3.63, 3.8) is 0 Å². The number of aromatic nitrogens is 2. The summed E-state index contributed by atoms with van der Waals surface area (Å²) in [5.41, 5.74) is 2.95. The van der Waals surface area contributed by atoms with Gasteiger partial charge in [0.15, 0.2) is 0 Å². The van der Waals surface area contributed by atoms with Gasteiger partial charge in [0, 0.05) is 56.2 Å². The second-order valence-electron chi connectivity index (χ2n) is 10.2. The standard InChI is InChI=1S/C29H33Cl2N7O4/c1-36(2)9-8-32-25-7-4-18-14-23(38(40)29(41-3)27(18)35-25)21-17-20(5-6-22(21)30)33-28(39)19-15-24(31)34-26(16-19)37-10-12-42-13-11-37/h4-7,14-17,29,38H,8-13H2,1-3H3,(H,32,35)(H,33,39). The lowest BCUT2D eigenvalue weighted by molar-refractivity contribution is -0.838. The molecule has 2 aliphatic rings. The Morgan fingerprint density at radius 1 is 1.17 bits per heavy atom. The Balaban J connectivity index is 1.40. The van der Waals surface area contributed by atoms with Crippen molar-refractivity contribution in [1.82, 2.24) is 14.9 Å². The molecule has 0 radical (unpaired) electrons. The molecule has 42 heavy (non-hydrogen) atoms. The molecule has 0 spiro atoms. The molecule has 2 aliphatic heterocycles. The van der Waals surface area contributed by atoms with Crippen molar-refractivity contribution in [3.05, 3.63) is 80.2 Å². The van der Waals surface area contributed by atoms with Crippen molar-refractivity contribution in [2.75, 3.05) is 76.1 Å². The van der Waals surface area contributed by atoms with E-state index >= 15 is 0 Å². The minimum Gasteiger partial charge on any atom is -0.627 e. The van der Waals surface area contributed by atoms with E-state index in [1.165, 1.54) is 13.2 Å². The van der Waals surface area contributed by atoms with Gasteiger partial charge < -0.3 is 40.2 Å². The third-order valence-electron chi connectivity index (χ3n) is 7.00. The van der Waals surface area contributed by atoms with Gasteiger partial charge in [-0.3, -0.25) is 4.79 Å². The van der Waals surface area contributed by atoms with Crippen LogP contribution in [0.3, 0.4) is 0 Å². The fourth-order valence-corrected chi connectivity index (χ4v) is 5.25. The average Bonchev–Trinajstić information content (AvgIpc) is 2.98. The molecule has 13 heteroatoms. The van der Waals surface area contributed by atoms with Crippen LogP contribution in [0.5, 0.6) is 0 Å². The number of rotatable bonds is 9. The molecular weight excluding hydrogens is 581 g/mol. The molecule has 0 bridgehead atoms. The molecule has 1 aromatic carbocycles. The maximum absolute atomic E-state index is 13.6. The summed E-state index contributed by atoms with van der Waals surface area (Å²) in [5.74, 6) is 0.905. The molecule has 1 amide bonds. The van der Waals surface area contributed by atoms with Crippen LogP contribution in [0.25, 0.3) is 11.8 Å². The summed E-state index contributed by atoms with van der Waals surface area (Å²) in [4.78, 5) is 26.4. The van der Waals surface area contributed by atoms with E-state index in [2.05, 4.69) is 25.5 Å². The van der Waals surface area contributed by atoms with Crippen LogP contribution in [0, 0.1) is 5.21 Å². The maximum atomic E-state index is 13.6. The second-order valence-corrected chi connectivity index (χ2v) is 11.0. The second kappa shape index (κ2) is 13.3. The third-order valence-corrected chi connectivity index (χ3v) is 7.53. The number of carbonyl (C=O) groups excluding carboxylic acids is 1. The SMILES string of the molecule is COC1c2nc(NCCN(C)C)ccc2C=C(c2cc(NC(=O)c3cc(Cl)nc(N4CCOCC4)c3)ccc2Cl)[NH+]1[O-]. The largest absolute Gasteiger partial charge is 0.627 e. The van der Waals surface area contributed by atoms with Crippen LogP contribution in [-0.2, 0) is 9.47 Å². The number of halogens is 2. The molecule has 1 saturated heterocycles. The number of hydroxylamine groups is 2. The molecule has 2 atom stereocenters. The number of morpholine rings is 1. The Labute approximate surface area is 254 Å². The Hall–Kier alpha value is -3.29. The number of hydrogen-bond acceptors (Lipinski definition) is 9. The molecule has 11 nitrogen and oxygen atoms in total. The number of fused-ring (bicyclic) bond motifs is 1. The maximum Gasteiger partial charge on any atom is 0.255 e. The number of quaternary nitrogens is 1. The zero-order valence-electron chi connectivity index (χ0n) is 23.6. The number of benzene rings is 1. The highest BCUT2D eigenvalue weighted by Gasteiger charge is 2.32. The number of anilines is 3. The highest BCUT2D eigenvalue weighted by atomic mass is 35.5. The fraction of sp³-hybridized carbons (Fsp3) is 0.345. The van der Waals surface area contributed by atoms with E-state index in [1.54, 1.807) is 30.3 Å². The number of hydrogen-bond donors (Lipinski definition) is 3. The lowest BCUT2D eigenvalue weighted by Crippen LogP contribution is -3.05. The highest BCUT2D eigenvalue weighted by Crippen LogP contribution is 2.32. The summed E-state index contributed by atoms with van der Waals surface area (Å²) >= 11 is 12.8. The van der Waals surface area contributed by atoms with Crippen LogP contribution < -0.4 is 20.6 Å². The smallest absolute Gasteiger partial charge is 0.255 e. The van der Waals surface area contributed by atoms with Crippen LogP contribution in [-0.4, -0.2) is 81.4 Å². The van der Waals surface area contributed by atoms with Gasteiger partial charge in [-0.05, 0) is 56.6 Å². The van der Waals surface area contributed by atoms with E-state index in [-0.39, 0.29) is 16.1 Å². The van der Waals surface area contributed by atoms with Crippen LogP contribution in [0.4, 0.5) is 17.3 Å². The van der Waals surface area contributed by atoms with Gasteiger partial charge in [0.05, 0.1) is 23.8 Å². The van der Waals surface area contributed by atoms with Crippen molar-refractivity contribution in [2.24, 2.45) is 0 Å². The van der Waals surface area contributed by atoms with E-state index in [1.807, 2.05) is 31.1 Å². The van der Waals surface area contributed by atoms with E-state index in [0.29, 0.717) is 77.7 Å². The predicted octanol–water partition coefficient (Wildman–Crippen LogP) is 3.39. The number of carbonyl (C=O) groups is 1. The summed E-state index contributed by atoms with van der Waals surface area (Å²) in [6, 6.07) is 12.0. The van der Waals surface area contributed by atoms with Gasteiger partial charge >= 0.3 is 0 Å². The first-order valence-corrected chi connectivity index (χ1v) is 14.3. The monoisotopic (exact) mass is 613 g/mol. The molecule has 1 fully saturated rings. The number of pyridine rings is 2. The van der Waals surface area contributed by atoms with Gasteiger partial charge in [-0.2, -0.15) is 0 Å². The Kier molecular flexibility index (Phi) is 9.59. The van der Waals surface area contributed by atoms with Crippen molar-refractivity contribution in [3.8, 4) is 0 Å². The van der Waals surface area contributed by atoms with Crippen LogP contribution in [0.2, 0.25) is 10.2 Å². The molecule has 0 saturated carbocycles. The van der Waals surface area contributed by atoms with E-state index < -0.39 is 6.23 Å². The lowest BCUT2D eigenvalue weighted by Gasteiger charge is -2.35. The Morgan fingerprint density at radius 3 is 2.69 bits per heavy atom. The Morgan fingerprint density at radius 2 is 1.95 bits per heavy atom. The van der Waals surface area contributed by atoms with Crippen LogP contribution >= 0.6 is 23.2 Å². The molecule has 0 aliphatic carbocycles. The molecule has 2 aromatic heterocycles. The Bertz CT molecular complexity index is 1480. The average molecular weight is 615 g/mol. The zero-order valence-corrected chi connectivity index (χ0v) is 25.1. The molecule has 222 valence electrons. The summed E-state index contributed by atoms with van der Waals surface area (Å²) in [7, 11) is 5.47. The van der Waals surface area contributed by atoms with Crippen molar-refractivity contribution >= 4 is 58.2 Å². The van der Waals surface area contributed by atoms with Gasteiger partial charge in [0.2, 0.25) is 6.23 Å². The van der Waals surface area contributed by atoms with Crippen molar-refractivity contribution in [1.29, 1.82) is 0 Å². The van der Waals surface area contributed by atoms with Gasteiger partial charge in [-0.25, -0.2) is 9.97 Å². The number of ether oxygens (including phenoxy) is 2. The molecule has 3 aromatic rings. The van der Waals surface area contributed by atoms with Crippen molar-refractivity contribution in [2.45, 2.75) is 6.23 Å². The van der Waals surface area contributed by atoms with Crippen molar-refractivity contribution < 1.29 is 19.3 Å². The van der Waals surface area contributed by atoms with Gasteiger partial charge in [-0.15, -0.1) is 0 Å². The fourth-order valence-electron chi connectivity index (χ4n) is 4.83. The van der Waals surface area contributed by atoms with Gasteiger partial charge in [0.25, 0.3) is 5.91 Å². The summed E-state index contributed by atoms with van der Waals surface area (Å²) < 4.78 is 11.0. The zero-order chi connectivity index (χ0) is 29.8. The first-order chi connectivity index (χ1) is 20.2. The molecule has 3 N–H and O–H groups in total. The van der Waals surface area contributed by atoms with E-state index in [4.69, 9.17) is 32.7 Å². The third kappa shape index (κ3) is 6.84. The van der Waals surface area contributed by atoms with Crippen LogP contribution in [0.1, 0.15) is 33.4 Å². The molecule has 2 unspecified atom stereocenters. The topological polar surface area (TPSA) is 119 Å². The highest BCUT2D eigenvalue weighted by molar-refractivity contribution is 6.32. The number of methoxy groups -OCH3 is 1. The van der Waals surface area contributed by atoms with Gasteiger partial charge in [-0.1, -0.05) is 23.2 Å². The van der Waals surface area contributed by atoms with E-state index in [9.17, 15) is 10.0 Å². The summed E-state index contributed by atoms with van der Waals surface area (Å²) in [6.45, 7) is 4.03. The molecule has 4 heterocycles. The minimum atomic E-state index is -0.900. The first-order valence-electron chi connectivity index (χ1n) is 13.5. The van der Waals surface area contributed by atoms with Gasteiger partial charge in [0.1, 0.15) is 28.2 Å². The van der Waals surface area contributed by atoms with Crippen LogP contribution in [0.15, 0.2) is 42.5 Å². The summed E-state index contributed by atoms with van der Waals surface area (Å²) in [6.07, 6.45) is 0.857. The predicted molar refractivity (Wildman–Crippen MR) is 165 cm³/mol. The minimum absolute atomic E-state index is 0.216.